The molecule has 168 valence electrons. The number of nitrogens with zero attached hydrogens (tertiary/aromatic N) is 3. The number of hydrogen-bond donors (Lipinski definition) is 2. The fourth-order valence-corrected chi connectivity index (χ4v) is 5.13. The SMILES string of the molecule is CC(C)c1cc2c(cc1SC1=NC3=C(N)N=CCC3N1CCNCC(C)(C)C)OCO2. The van der Waals surface area contributed by atoms with Gasteiger partial charge in [0.05, 0.1) is 6.04 Å². The van der Waals surface area contributed by atoms with Crippen LogP contribution < -0.4 is 20.5 Å². The Kier molecular flexibility index (Phi) is 6.21. The quantitative estimate of drug-likeness (QED) is 0.649. The highest BCUT2D eigenvalue weighted by Gasteiger charge is 2.35. The predicted octanol–water partition coefficient (Wildman–Crippen LogP) is 3.91. The third-order valence-electron chi connectivity index (χ3n) is 5.49. The predicted molar refractivity (Wildman–Crippen MR) is 127 cm³/mol. The average molecular weight is 444 g/mol. The van der Waals surface area contributed by atoms with Crippen molar-refractivity contribution in [2.45, 2.75) is 57.9 Å². The molecule has 3 heterocycles. The lowest BCUT2D eigenvalue weighted by Crippen LogP contribution is -2.42. The van der Waals surface area contributed by atoms with E-state index in [4.69, 9.17) is 20.2 Å². The number of hydrogen-bond acceptors (Lipinski definition) is 8. The first-order valence-electron chi connectivity index (χ1n) is 10.9. The molecule has 1 unspecified atom stereocenters. The van der Waals surface area contributed by atoms with Crippen LogP contribution in [-0.4, -0.2) is 48.8 Å². The lowest BCUT2D eigenvalue weighted by atomic mass is 9.97. The van der Waals surface area contributed by atoms with E-state index in [1.165, 1.54) is 5.56 Å². The van der Waals surface area contributed by atoms with Crippen LogP contribution in [0.2, 0.25) is 0 Å². The molecule has 0 aromatic heterocycles. The summed E-state index contributed by atoms with van der Waals surface area (Å²) in [6.45, 7) is 14.1. The number of amidine groups is 1. The zero-order valence-corrected chi connectivity index (χ0v) is 19.9. The van der Waals surface area contributed by atoms with E-state index >= 15 is 0 Å². The Bertz CT molecular complexity index is 933. The van der Waals surface area contributed by atoms with Gasteiger partial charge in [-0.05, 0) is 29.0 Å². The lowest BCUT2D eigenvalue weighted by molar-refractivity contribution is 0.174. The smallest absolute Gasteiger partial charge is 0.231 e. The van der Waals surface area contributed by atoms with Crippen molar-refractivity contribution >= 4 is 23.1 Å². The maximum atomic E-state index is 6.19. The molecule has 1 atom stereocenters. The molecule has 0 aliphatic carbocycles. The molecule has 3 aliphatic heterocycles. The van der Waals surface area contributed by atoms with Gasteiger partial charge in [0.2, 0.25) is 6.79 Å². The zero-order valence-electron chi connectivity index (χ0n) is 19.1. The van der Waals surface area contributed by atoms with E-state index in [2.05, 4.69) is 62.0 Å². The van der Waals surface area contributed by atoms with Crippen LogP contribution >= 0.6 is 11.8 Å². The molecule has 31 heavy (non-hydrogen) atoms. The molecule has 8 heteroatoms. The van der Waals surface area contributed by atoms with Gasteiger partial charge in [0, 0.05) is 37.2 Å². The summed E-state index contributed by atoms with van der Waals surface area (Å²) >= 11 is 1.68. The molecule has 0 saturated carbocycles. The number of ether oxygens (including phenoxy) is 2. The molecule has 7 nitrogen and oxygen atoms in total. The van der Waals surface area contributed by atoms with Gasteiger partial charge in [-0.1, -0.05) is 46.4 Å². The molecular formula is C23H33N5O2S. The summed E-state index contributed by atoms with van der Waals surface area (Å²) in [5.41, 5.74) is 8.55. The summed E-state index contributed by atoms with van der Waals surface area (Å²) in [5.74, 6) is 2.49. The van der Waals surface area contributed by atoms with Crippen LogP contribution in [0.1, 0.15) is 52.5 Å². The normalized spacial score (nSPS) is 20.0. The maximum Gasteiger partial charge on any atom is 0.231 e. The Labute approximate surface area is 189 Å². The highest BCUT2D eigenvalue weighted by Crippen LogP contribution is 2.43. The average Bonchev–Trinajstić information content (AvgIpc) is 3.29. The third-order valence-corrected chi connectivity index (χ3v) is 6.57. The van der Waals surface area contributed by atoms with E-state index in [1.807, 2.05) is 6.21 Å². The van der Waals surface area contributed by atoms with Crippen molar-refractivity contribution in [3.05, 3.63) is 29.2 Å². The van der Waals surface area contributed by atoms with Gasteiger partial charge in [-0.25, -0.2) is 9.98 Å². The second-order valence-electron chi connectivity index (χ2n) is 9.66. The van der Waals surface area contributed by atoms with Gasteiger partial charge >= 0.3 is 0 Å². The topological polar surface area (TPSA) is 84.5 Å². The second kappa shape index (κ2) is 8.74. The molecule has 0 amide bonds. The third kappa shape index (κ3) is 4.85. The lowest BCUT2D eigenvalue weighted by Gasteiger charge is -2.29. The highest BCUT2D eigenvalue weighted by molar-refractivity contribution is 8.13. The minimum Gasteiger partial charge on any atom is -0.454 e. The van der Waals surface area contributed by atoms with Crippen molar-refractivity contribution in [2.75, 3.05) is 26.4 Å². The fraction of sp³-hybridized carbons (Fsp3) is 0.565. The minimum absolute atomic E-state index is 0.146. The van der Waals surface area contributed by atoms with Crippen LogP contribution in [0.4, 0.5) is 0 Å². The summed E-state index contributed by atoms with van der Waals surface area (Å²) in [6.07, 6.45) is 2.73. The minimum atomic E-state index is 0.146. The first-order chi connectivity index (χ1) is 14.7. The zero-order chi connectivity index (χ0) is 22.2. The first kappa shape index (κ1) is 22.0. The van der Waals surface area contributed by atoms with Gasteiger partial charge in [0.1, 0.15) is 11.5 Å². The number of benzene rings is 1. The standard InChI is InChI=1S/C23H33N5O2S/c1-14(2)15-10-17-18(30-13-29-17)11-19(15)31-22-27-20-16(6-7-26-21(20)24)28(22)9-8-25-12-23(3,4)5/h7,10-11,14,16,25H,6,8-9,12-13,24H2,1-5H3. The number of aliphatic imine (C=N–C) groups is 2. The van der Waals surface area contributed by atoms with Crippen LogP contribution in [0, 0.1) is 5.41 Å². The van der Waals surface area contributed by atoms with Crippen LogP contribution in [0.3, 0.4) is 0 Å². The van der Waals surface area contributed by atoms with Crippen molar-refractivity contribution < 1.29 is 9.47 Å². The highest BCUT2D eigenvalue weighted by atomic mass is 32.2. The second-order valence-corrected chi connectivity index (χ2v) is 10.7. The van der Waals surface area contributed by atoms with Gasteiger partial charge in [-0.15, -0.1) is 0 Å². The number of thioether (sulfide) groups is 1. The van der Waals surface area contributed by atoms with Crippen molar-refractivity contribution in [1.29, 1.82) is 0 Å². The molecule has 0 saturated heterocycles. The van der Waals surface area contributed by atoms with E-state index in [0.717, 1.165) is 53.3 Å². The number of nitrogens with two attached hydrogens (primary N) is 1. The summed E-state index contributed by atoms with van der Waals surface area (Å²) in [5, 5.41) is 4.55. The van der Waals surface area contributed by atoms with Crippen molar-refractivity contribution in [2.24, 2.45) is 21.1 Å². The Hall–Kier alpha value is -2.19. The van der Waals surface area contributed by atoms with E-state index in [1.54, 1.807) is 11.8 Å². The summed E-state index contributed by atoms with van der Waals surface area (Å²) in [4.78, 5) is 12.7. The van der Waals surface area contributed by atoms with Crippen molar-refractivity contribution in [3.63, 3.8) is 0 Å². The first-order valence-corrected chi connectivity index (χ1v) is 11.7. The molecule has 1 aromatic rings. The molecule has 1 aromatic carbocycles. The molecule has 0 bridgehead atoms. The summed E-state index contributed by atoms with van der Waals surface area (Å²) in [6, 6.07) is 4.33. The summed E-state index contributed by atoms with van der Waals surface area (Å²) < 4.78 is 11.2. The van der Waals surface area contributed by atoms with Crippen LogP contribution in [-0.2, 0) is 0 Å². The Balaban J connectivity index is 1.58. The largest absolute Gasteiger partial charge is 0.454 e. The monoisotopic (exact) mass is 443 g/mol. The molecule has 0 radical (unpaired) electrons. The van der Waals surface area contributed by atoms with E-state index in [9.17, 15) is 0 Å². The van der Waals surface area contributed by atoms with E-state index < -0.39 is 0 Å². The molecule has 0 spiro atoms. The van der Waals surface area contributed by atoms with Crippen molar-refractivity contribution in [3.8, 4) is 11.5 Å². The van der Waals surface area contributed by atoms with Gasteiger partial charge in [0.25, 0.3) is 0 Å². The number of rotatable bonds is 6. The Morgan fingerprint density at radius 2 is 2.00 bits per heavy atom. The molecule has 4 rings (SSSR count). The van der Waals surface area contributed by atoms with Gasteiger partial charge < -0.3 is 25.4 Å². The number of fused-ring (bicyclic) bond motifs is 2. The molecule has 0 fully saturated rings. The van der Waals surface area contributed by atoms with Gasteiger partial charge in [0.15, 0.2) is 16.7 Å². The van der Waals surface area contributed by atoms with Crippen molar-refractivity contribution in [1.82, 2.24) is 10.2 Å². The molecule has 3 N–H and O–H groups in total. The van der Waals surface area contributed by atoms with Crippen LogP contribution in [0.25, 0.3) is 0 Å². The molecule has 3 aliphatic rings. The number of nitrogens with one attached hydrogen (secondary N) is 1. The molecular weight excluding hydrogens is 410 g/mol. The fourth-order valence-electron chi connectivity index (χ4n) is 3.88. The Morgan fingerprint density at radius 3 is 2.71 bits per heavy atom. The van der Waals surface area contributed by atoms with Gasteiger partial charge in [-0.2, -0.15) is 0 Å². The summed E-state index contributed by atoms with van der Waals surface area (Å²) in [7, 11) is 0. The maximum absolute atomic E-state index is 6.19. The van der Waals surface area contributed by atoms with Crippen LogP contribution in [0.5, 0.6) is 11.5 Å². The van der Waals surface area contributed by atoms with E-state index in [-0.39, 0.29) is 18.2 Å². The van der Waals surface area contributed by atoms with E-state index in [0.29, 0.717) is 11.7 Å². The Morgan fingerprint density at radius 1 is 1.26 bits per heavy atom. The van der Waals surface area contributed by atoms with Crippen LogP contribution in [0.15, 0.2) is 38.5 Å². The van der Waals surface area contributed by atoms with Gasteiger partial charge in [-0.3, -0.25) is 0 Å².